The first kappa shape index (κ1) is 13.1. The minimum absolute atomic E-state index is 0.0358. The molecule has 1 saturated heterocycles. The molecule has 1 aromatic rings. The fraction of sp³-hybridized carbons (Fsp3) is 0.500. The minimum Gasteiger partial charge on any atom is -0.372 e. The number of hydrogen-bond donors (Lipinski definition) is 1. The Kier molecular flexibility index (Phi) is 4.26. The molecule has 0 amide bonds. The number of hydrogen-bond acceptors (Lipinski definition) is 2. The van der Waals surface area contributed by atoms with Crippen molar-refractivity contribution in [3.8, 4) is 0 Å². The number of rotatable bonds is 1. The van der Waals surface area contributed by atoms with Crippen LogP contribution >= 0.6 is 23.2 Å². The number of benzene rings is 1. The second kappa shape index (κ2) is 5.53. The summed E-state index contributed by atoms with van der Waals surface area (Å²) in [7, 11) is 0. The van der Waals surface area contributed by atoms with Gasteiger partial charge in [0, 0.05) is 29.8 Å². The molecule has 5 heteroatoms. The molecule has 94 valence electrons. The van der Waals surface area contributed by atoms with Gasteiger partial charge in [-0.2, -0.15) is 0 Å². The molecule has 1 aliphatic heterocycles. The van der Waals surface area contributed by atoms with Gasteiger partial charge in [-0.05, 0) is 25.5 Å². The lowest BCUT2D eigenvalue weighted by Crippen LogP contribution is -2.27. The van der Waals surface area contributed by atoms with Crippen LogP contribution in [-0.4, -0.2) is 19.2 Å². The molecule has 1 aliphatic rings. The standard InChI is InChI=1S/C12H14Cl2FNO/c1-7-2-3-17-12(6-16-7)8-4-11(15)10(14)5-9(8)13/h4-5,7,12,16H,2-3,6H2,1H3. The molecule has 1 fully saturated rings. The Balaban J connectivity index is 2.24. The van der Waals surface area contributed by atoms with Crippen LogP contribution in [0.1, 0.15) is 25.0 Å². The van der Waals surface area contributed by atoms with Crippen molar-refractivity contribution in [2.75, 3.05) is 13.2 Å². The lowest BCUT2D eigenvalue weighted by atomic mass is 10.1. The molecule has 2 nitrogen and oxygen atoms in total. The summed E-state index contributed by atoms with van der Waals surface area (Å²) in [6.07, 6.45) is 0.712. The predicted molar refractivity (Wildman–Crippen MR) is 67.2 cm³/mol. The van der Waals surface area contributed by atoms with Gasteiger partial charge < -0.3 is 10.1 Å². The molecule has 1 N–H and O–H groups in total. The molecule has 0 bridgehead atoms. The van der Waals surface area contributed by atoms with Crippen LogP contribution in [-0.2, 0) is 4.74 Å². The van der Waals surface area contributed by atoms with E-state index < -0.39 is 5.82 Å². The summed E-state index contributed by atoms with van der Waals surface area (Å²) in [6.45, 7) is 3.36. The van der Waals surface area contributed by atoms with Crippen LogP contribution in [0.15, 0.2) is 12.1 Å². The van der Waals surface area contributed by atoms with Crippen molar-refractivity contribution < 1.29 is 9.13 Å². The molecule has 0 aromatic heterocycles. The van der Waals surface area contributed by atoms with Gasteiger partial charge in [0.1, 0.15) is 5.82 Å². The van der Waals surface area contributed by atoms with Crippen molar-refractivity contribution in [3.63, 3.8) is 0 Å². The third kappa shape index (κ3) is 3.10. The molecule has 0 spiro atoms. The van der Waals surface area contributed by atoms with Gasteiger partial charge in [0.25, 0.3) is 0 Å². The molecule has 1 aromatic carbocycles. The van der Waals surface area contributed by atoms with Crippen LogP contribution in [0.5, 0.6) is 0 Å². The van der Waals surface area contributed by atoms with Gasteiger partial charge in [0.2, 0.25) is 0 Å². The molecule has 2 unspecified atom stereocenters. The van der Waals surface area contributed by atoms with Crippen LogP contribution in [0.25, 0.3) is 0 Å². The average Bonchev–Trinajstić information content (AvgIpc) is 2.49. The van der Waals surface area contributed by atoms with E-state index in [1.807, 2.05) is 0 Å². The van der Waals surface area contributed by atoms with E-state index in [9.17, 15) is 4.39 Å². The maximum Gasteiger partial charge on any atom is 0.142 e. The van der Waals surface area contributed by atoms with E-state index in [-0.39, 0.29) is 11.1 Å². The summed E-state index contributed by atoms with van der Waals surface area (Å²) in [6, 6.07) is 3.18. The van der Waals surface area contributed by atoms with E-state index in [1.165, 1.54) is 12.1 Å². The van der Waals surface area contributed by atoms with Crippen LogP contribution in [0.2, 0.25) is 10.0 Å². The van der Waals surface area contributed by atoms with Crippen LogP contribution in [0, 0.1) is 5.82 Å². The second-order valence-electron chi connectivity index (χ2n) is 4.25. The SMILES string of the molecule is CC1CCOC(c2cc(F)c(Cl)cc2Cl)CN1. The first-order chi connectivity index (χ1) is 8.08. The Morgan fingerprint density at radius 3 is 2.88 bits per heavy atom. The highest BCUT2D eigenvalue weighted by Crippen LogP contribution is 2.31. The zero-order valence-electron chi connectivity index (χ0n) is 9.47. The van der Waals surface area contributed by atoms with E-state index in [0.29, 0.717) is 29.8 Å². The van der Waals surface area contributed by atoms with E-state index in [0.717, 1.165) is 6.42 Å². The molecule has 17 heavy (non-hydrogen) atoms. The largest absolute Gasteiger partial charge is 0.372 e. The van der Waals surface area contributed by atoms with Gasteiger partial charge in [-0.1, -0.05) is 23.2 Å². The van der Waals surface area contributed by atoms with Gasteiger partial charge in [0.05, 0.1) is 11.1 Å². The van der Waals surface area contributed by atoms with Gasteiger partial charge in [-0.25, -0.2) is 4.39 Å². The monoisotopic (exact) mass is 277 g/mol. The Bertz CT molecular complexity index is 414. The van der Waals surface area contributed by atoms with Crippen LogP contribution in [0.4, 0.5) is 4.39 Å². The molecular formula is C12H14Cl2FNO. The summed E-state index contributed by atoms with van der Waals surface area (Å²) in [5.74, 6) is -0.466. The minimum atomic E-state index is -0.466. The van der Waals surface area contributed by atoms with Gasteiger partial charge in [0.15, 0.2) is 0 Å². The van der Waals surface area contributed by atoms with Crippen molar-refractivity contribution in [3.05, 3.63) is 33.6 Å². The zero-order chi connectivity index (χ0) is 12.4. The normalized spacial score (nSPS) is 25.6. The van der Waals surface area contributed by atoms with E-state index in [1.54, 1.807) is 0 Å². The maximum atomic E-state index is 13.4. The summed E-state index contributed by atoms with van der Waals surface area (Å²) < 4.78 is 19.1. The molecular weight excluding hydrogens is 264 g/mol. The molecule has 1 heterocycles. The fourth-order valence-corrected chi connectivity index (χ4v) is 2.35. The summed E-state index contributed by atoms with van der Waals surface area (Å²) in [5.41, 5.74) is 0.648. The Morgan fingerprint density at radius 2 is 2.12 bits per heavy atom. The van der Waals surface area contributed by atoms with Gasteiger partial charge in [-0.3, -0.25) is 0 Å². The topological polar surface area (TPSA) is 21.3 Å². The highest BCUT2D eigenvalue weighted by Gasteiger charge is 2.21. The third-order valence-electron chi connectivity index (χ3n) is 2.91. The second-order valence-corrected chi connectivity index (χ2v) is 5.06. The van der Waals surface area contributed by atoms with E-state index in [2.05, 4.69) is 12.2 Å². The molecule has 2 rings (SSSR count). The zero-order valence-corrected chi connectivity index (χ0v) is 11.0. The Hall–Kier alpha value is -0.350. The first-order valence-corrected chi connectivity index (χ1v) is 6.33. The Morgan fingerprint density at radius 1 is 1.35 bits per heavy atom. The molecule has 0 saturated carbocycles. The van der Waals surface area contributed by atoms with Crippen molar-refractivity contribution in [1.29, 1.82) is 0 Å². The van der Waals surface area contributed by atoms with E-state index in [4.69, 9.17) is 27.9 Å². The molecule has 0 aliphatic carbocycles. The smallest absolute Gasteiger partial charge is 0.142 e. The van der Waals surface area contributed by atoms with Crippen molar-refractivity contribution >= 4 is 23.2 Å². The first-order valence-electron chi connectivity index (χ1n) is 5.57. The number of ether oxygens (including phenoxy) is 1. The fourth-order valence-electron chi connectivity index (χ4n) is 1.84. The van der Waals surface area contributed by atoms with Crippen molar-refractivity contribution in [2.24, 2.45) is 0 Å². The predicted octanol–water partition coefficient (Wildman–Crippen LogP) is 3.57. The summed E-state index contributed by atoms with van der Waals surface area (Å²) in [5, 5.41) is 3.79. The Labute approximate surface area is 110 Å². The molecule has 2 atom stereocenters. The van der Waals surface area contributed by atoms with Crippen molar-refractivity contribution in [2.45, 2.75) is 25.5 Å². The molecule has 0 radical (unpaired) electrons. The van der Waals surface area contributed by atoms with Crippen LogP contribution < -0.4 is 5.32 Å². The van der Waals surface area contributed by atoms with Crippen molar-refractivity contribution in [1.82, 2.24) is 5.32 Å². The maximum absolute atomic E-state index is 13.4. The van der Waals surface area contributed by atoms with Gasteiger partial charge >= 0.3 is 0 Å². The highest BCUT2D eigenvalue weighted by molar-refractivity contribution is 6.35. The number of halogens is 3. The summed E-state index contributed by atoms with van der Waals surface area (Å²) in [4.78, 5) is 0. The average molecular weight is 278 g/mol. The van der Waals surface area contributed by atoms with Gasteiger partial charge in [-0.15, -0.1) is 0 Å². The lowest BCUT2D eigenvalue weighted by molar-refractivity contribution is 0.0663. The highest BCUT2D eigenvalue weighted by atomic mass is 35.5. The lowest BCUT2D eigenvalue weighted by Gasteiger charge is -2.17. The number of nitrogens with one attached hydrogen (secondary N) is 1. The third-order valence-corrected chi connectivity index (χ3v) is 3.53. The van der Waals surface area contributed by atoms with E-state index >= 15 is 0 Å². The van der Waals surface area contributed by atoms with Crippen LogP contribution in [0.3, 0.4) is 0 Å². The quantitative estimate of drug-likeness (QED) is 0.793. The summed E-state index contributed by atoms with van der Waals surface area (Å²) >= 11 is 11.7.